The molecule has 5 aromatic rings. The number of thioether (sulfide) groups is 1. The summed E-state index contributed by atoms with van der Waals surface area (Å²) < 4.78 is 25.9. The van der Waals surface area contributed by atoms with Gasteiger partial charge in [-0.05, 0) is 68.7 Å². The molecule has 0 aliphatic carbocycles. The highest BCUT2D eigenvalue weighted by molar-refractivity contribution is 8.00. The molecule has 1 amide bonds. The minimum absolute atomic E-state index is 0.00477. The number of hydrogen-bond acceptors (Lipinski definition) is 8. The molecule has 0 saturated carbocycles. The smallest absolute Gasteiger partial charge is 0.239 e. The van der Waals surface area contributed by atoms with Crippen LogP contribution < -0.4 is 10.5 Å². The van der Waals surface area contributed by atoms with Crippen molar-refractivity contribution in [1.82, 2.24) is 19.6 Å². The van der Waals surface area contributed by atoms with Crippen molar-refractivity contribution in [3.8, 4) is 0 Å². The molecule has 1 atom stereocenters. The molecule has 12 heteroatoms. The summed E-state index contributed by atoms with van der Waals surface area (Å²) in [6.07, 6.45) is 0.563. The molecule has 0 aliphatic rings. The van der Waals surface area contributed by atoms with E-state index < -0.39 is 15.3 Å². The monoisotopic (exact) mass is 540 g/mol. The highest BCUT2D eigenvalue weighted by Gasteiger charge is 2.24. The Morgan fingerprint density at radius 3 is 2.64 bits per heavy atom. The molecule has 0 aliphatic heterocycles. The highest BCUT2D eigenvalue weighted by atomic mass is 32.2. The van der Waals surface area contributed by atoms with Gasteiger partial charge in [0, 0.05) is 5.39 Å². The lowest BCUT2D eigenvalue weighted by Gasteiger charge is -2.14. The lowest BCUT2D eigenvalue weighted by atomic mass is 10.0. The van der Waals surface area contributed by atoms with Gasteiger partial charge in [0.05, 0.1) is 25.9 Å². The number of primary sulfonamides is 1. The number of thiazole rings is 1. The van der Waals surface area contributed by atoms with E-state index in [0.717, 1.165) is 27.7 Å². The predicted octanol–water partition coefficient (Wildman–Crippen LogP) is 4.57. The molecule has 186 valence electrons. The van der Waals surface area contributed by atoms with Crippen molar-refractivity contribution >= 4 is 70.9 Å². The number of fused-ring (bicyclic) bond motifs is 4. The van der Waals surface area contributed by atoms with E-state index in [9.17, 15) is 13.2 Å². The summed E-state index contributed by atoms with van der Waals surface area (Å²) in [5.41, 5.74) is 5.78. The zero-order valence-corrected chi connectivity index (χ0v) is 22.5. The number of nitrogens with zero attached hydrogens (tertiary/aromatic N) is 4. The number of aryl methyl sites for hydroxylation is 3. The maximum Gasteiger partial charge on any atom is 0.239 e. The lowest BCUT2D eigenvalue weighted by Crippen LogP contribution is -2.24. The van der Waals surface area contributed by atoms with Crippen molar-refractivity contribution < 1.29 is 13.2 Å². The molecule has 1 unspecified atom stereocenters. The molecular weight excluding hydrogens is 517 g/mol. The Kier molecular flexibility index (Phi) is 6.23. The molecule has 0 radical (unpaired) electrons. The maximum absolute atomic E-state index is 13.2. The van der Waals surface area contributed by atoms with Gasteiger partial charge in [-0.3, -0.25) is 9.20 Å². The van der Waals surface area contributed by atoms with Crippen molar-refractivity contribution in [2.45, 2.75) is 49.4 Å². The number of benzene rings is 2. The van der Waals surface area contributed by atoms with E-state index in [1.807, 2.05) is 17.4 Å². The molecule has 0 bridgehead atoms. The Morgan fingerprint density at radius 2 is 1.92 bits per heavy atom. The van der Waals surface area contributed by atoms with E-state index in [2.05, 4.69) is 53.4 Å². The van der Waals surface area contributed by atoms with E-state index in [-0.39, 0.29) is 10.8 Å². The number of hydrogen-bond donors (Lipinski definition) is 2. The van der Waals surface area contributed by atoms with Crippen LogP contribution in [-0.2, 0) is 14.8 Å². The maximum atomic E-state index is 13.2. The summed E-state index contributed by atoms with van der Waals surface area (Å²) >= 11 is 2.55. The number of nitrogens with one attached hydrogen (secondary N) is 1. The van der Waals surface area contributed by atoms with Crippen LogP contribution in [0.4, 0.5) is 5.13 Å². The van der Waals surface area contributed by atoms with E-state index in [1.165, 1.54) is 40.8 Å². The Balaban J connectivity index is 1.46. The third kappa shape index (κ3) is 4.45. The molecule has 3 aromatic heterocycles. The third-order valence-electron chi connectivity index (χ3n) is 5.93. The van der Waals surface area contributed by atoms with Crippen LogP contribution in [0.2, 0.25) is 0 Å². The Labute approximate surface area is 216 Å². The first kappa shape index (κ1) is 24.6. The Bertz CT molecular complexity index is 1770. The molecule has 3 N–H and O–H groups in total. The SMILES string of the molecule is CCC(Sc1nnc2cc(C)c3cc(C)cc(C)c3n12)C(=O)Nc1nc2ccc(S(N)(=O)=O)cc2s1. The molecule has 0 saturated heterocycles. The topological polar surface area (TPSA) is 132 Å². The van der Waals surface area contributed by atoms with Gasteiger partial charge in [-0.15, -0.1) is 10.2 Å². The van der Waals surface area contributed by atoms with Crippen LogP contribution in [0.15, 0.2) is 46.5 Å². The number of amides is 1. The van der Waals surface area contributed by atoms with Crippen LogP contribution in [0.5, 0.6) is 0 Å². The molecule has 0 spiro atoms. The van der Waals surface area contributed by atoms with E-state index in [4.69, 9.17) is 5.14 Å². The van der Waals surface area contributed by atoms with Gasteiger partial charge in [0.2, 0.25) is 15.9 Å². The van der Waals surface area contributed by atoms with Crippen molar-refractivity contribution in [3.05, 3.63) is 53.1 Å². The summed E-state index contributed by atoms with van der Waals surface area (Å²) in [5.74, 6) is -0.214. The minimum atomic E-state index is -3.82. The molecule has 0 fully saturated rings. The lowest BCUT2D eigenvalue weighted by molar-refractivity contribution is -0.115. The summed E-state index contributed by atoms with van der Waals surface area (Å²) in [6, 6.07) is 10.7. The normalized spacial score (nSPS) is 13.0. The second-order valence-corrected chi connectivity index (χ2v) is 12.4. The molecule has 2 aromatic carbocycles. The summed E-state index contributed by atoms with van der Waals surface area (Å²) in [7, 11) is -3.82. The number of anilines is 1. The van der Waals surface area contributed by atoms with Gasteiger partial charge in [0.25, 0.3) is 0 Å². The van der Waals surface area contributed by atoms with Crippen molar-refractivity contribution in [3.63, 3.8) is 0 Å². The molecule has 5 rings (SSSR count). The fourth-order valence-electron chi connectivity index (χ4n) is 4.26. The molecule has 3 heterocycles. The minimum Gasteiger partial charge on any atom is -0.301 e. The van der Waals surface area contributed by atoms with E-state index >= 15 is 0 Å². The second-order valence-electron chi connectivity index (χ2n) is 8.68. The van der Waals surface area contributed by atoms with Gasteiger partial charge in [-0.25, -0.2) is 18.5 Å². The Morgan fingerprint density at radius 1 is 1.14 bits per heavy atom. The highest BCUT2D eigenvalue weighted by Crippen LogP contribution is 2.33. The van der Waals surface area contributed by atoms with Crippen LogP contribution in [0.25, 0.3) is 26.8 Å². The van der Waals surface area contributed by atoms with Gasteiger partial charge in [-0.2, -0.15) is 0 Å². The average molecular weight is 541 g/mol. The van der Waals surface area contributed by atoms with Crippen molar-refractivity contribution in [1.29, 1.82) is 0 Å². The van der Waals surface area contributed by atoms with Crippen LogP contribution in [0.1, 0.15) is 30.0 Å². The van der Waals surface area contributed by atoms with Crippen molar-refractivity contribution in [2.24, 2.45) is 5.14 Å². The van der Waals surface area contributed by atoms with Gasteiger partial charge < -0.3 is 5.32 Å². The number of carbonyl (C=O) groups is 1. The van der Waals surface area contributed by atoms with Crippen molar-refractivity contribution in [2.75, 3.05) is 5.32 Å². The number of pyridine rings is 1. The third-order valence-corrected chi connectivity index (χ3v) is 9.08. The van der Waals surface area contributed by atoms with Crippen LogP contribution in [0, 0.1) is 20.8 Å². The first-order valence-corrected chi connectivity index (χ1v) is 14.5. The predicted molar refractivity (Wildman–Crippen MR) is 144 cm³/mol. The number of carbonyl (C=O) groups excluding carboxylic acids is 1. The summed E-state index contributed by atoms with van der Waals surface area (Å²) in [4.78, 5) is 17.6. The fraction of sp³-hybridized carbons (Fsp3) is 0.250. The fourth-order valence-corrected chi connectivity index (χ4v) is 6.75. The number of nitrogens with two attached hydrogens (primary N) is 1. The van der Waals surface area contributed by atoms with Gasteiger partial charge in [0.1, 0.15) is 0 Å². The zero-order chi connectivity index (χ0) is 25.8. The summed E-state index contributed by atoms with van der Waals surface area (Å²) in [6.45, 7) is 8.15. The van der Waals surface area contributed by atoms with E-state index in [0.29, 0.717) is 26.9 Å². The largest absolute Gasteiger partial charge is 0.301 e. The van der Waals surface area contributed by atoms with Crippen LogP contribution >= 0.6 is 23.1 Å². The zero-order valence-electron chi connectivity index (χ0n) is 20.1. The number of aromatic nitrogens is 4. The average Bonchev–Trinajstić information content (AvgIpc) is 3.39. The van der Waals surface area contributed by atoms with Gasteiger partial charge in [-0.1, -0.05) is 41.7 Å². The quantitative estimate of drug-likeness (QED) is 0.301. The second kappa shape index (κ2) is 9.11. The standard InChI is InChI=1S/C24H24N6O3S3/c1-5-18(22(31)27-23-26-17-7-6-15(36(25,32)33)11-19(17)34-23)35-24-29-28-20-10-13(3)16-9-12(2)8-14(4)21(16)30(20)24/h6-11,18H,5H2,1-4H3,(H2,25,32,33)(H,26,27,31). The van der Waals surface area contributed by atoms with Crippen LogP contribution in [-0.4, -0.2) is 39.2 Å². The molecule has 9 nitrogen and oxygen atoms in total. The first-order valence-electron chi connectivity index (χ1n) is 11.2. The number of rotatable bonds is 6. The van der Waals surface area contributed by atoms with Gasteiger partial charge in [0.15, 0.2) is 15.9 Å². The summed E-state index contributed by atoms with van der Waals surface area (Å²) in [5, 5.41) is 18.6. The molecular formula is C24H24N6O3S3. The molecule has 36 heavy (non-hydrogen) atoms. The van der Waals surface area contributed by atoms with Gasteiger partial charge >= 0.3 is 0 Å². The number of sulfonamides is 1. The Hall–Kier alpha value is -3.06. The van der Waals surface area contributed by atoms with E-state index in [1.54, 1.807) is 6.07 Å². The van der Waals surface area contributed by atoms with Crippen LogP contribution in [0.3, 0.4) is 0 Å². The first-order chi connectivity index (χ1) is 17.0.